The molecule has 0 spiro atoms. The number of hydrogen-bond donors (Lipinski definition) is 1. The molecule has 0 saturated heterocycles. The van der Waals surface area contributed by atoms with Crippen LogP contribution in [0.5, 0.6) is 5.75 Å². The molecule has 0 fully saturated rings. The Morgan fingerprint density at radius 3 is 2.83 bits per heavy atom. The van der Waals surface area contributed by atoms with Gasteiger partial charge in [0.15, 0.2) is 0 Å². The highest BCUT2D eigenvalue weighted by molar-refractivity contribution is 9.10. The maximum absolute atomic E-state index is 5.41. The molecule has 0 heterocycles. The van der Waals surface area contributed by atoms with E-state index in [0.29, 0.717) is 13.2 Å². The third-order valence-corrected chi connectivity index (χ3v) is 3.09. The zero-order valence-electron chi connectivity index (χ0n) is 11.0. The Morgan fingerprint density at radius 1 is 1.44 bits per heavy atom. The quantitative estimate of drug-likeness (QED) is 0.591. The molecule has 0 atom stereocenters. The van der Waals surface area contributed by atoms with Gasteiger partial charge in [-0.25, -0.2) is 0 Å². The van der Waals surface area contributed by atoms with Gasteiger partial charge in [-0.3, -0.25) is 0 Å². The van der Waals surface area contributed by atoms with Crippen LogP contribution in [0.2, 0.25) is 0 Å². The normalized spacial score (nSPS) is 10.4. The van der Waals surface area contributed by atoms with Crippen molar-refractivity contribution in [1.82, 2.24) is 5.32 Å². The summed E-state index contributed by atoms with van der Waals surface area (Å²) in [6.45, 7) is 8.70. The summed E-state index contributed by atoms with van der Waals surface area (Å²) >= 11 is 3.53. The molecule has 18 heavy (non-hydrogen) atoms. The smallest absolute Gasteiger partial charge is 0.120 e. The van der Waals surface area contributed by atoms with Crippen molar-refractivity contribution in [3.63, 3.8) is 0 Å². The largest absolute Gasteiger partial charge is 0.497 e. The van der Waals surface area contributed by atoms with Crippen molar-refractivity contribution >= 4 is 15.9 Å². The lowest BCUT2D eigenvalue weighted by molar-refractivity contribution is 0.157. The molecule has 0 saturated carbocycles. The second-order valence-corrected chi connectivity index (χ2v) is 5.00. The number of rotatable bonds is 8. The predicted octanol–water partition coefficient (Wildman–Crippen LogP) is 3.14. The topological polar surface area (TPSA) is 30.5 Å². The van der Waals surface area contributed by atoms with Crippen molar-refractivity contribution in [2.45, 2.75) is 13.5 Å². The number of hydrogen-bond acceptors (Lipinski definition) is 3. The highest BCUT2D eigenvalue weighted by Crippen LogP contribution is 2.22. The molecule has 1 rings (SSSR count). The maximum Gasteiger partial charge on any atom is 0.120 e. The summed E-state index contributed by atoms with van der Waals surface area (Å²) < 4.78 is 11.6. The summed E-state index contributed by atoms with van der Waals surface area (Å²) in [5.41, 5.74) is 2.25. The summed E-state index contributed by atoms with van der Waals surface area (Å²) in [6.07, 6.45) is 0. The standard InChI is InChI=1S/C14H20BrNO2/c1-11(2)10-18-7-6-16-9-12-4-5-13(17-3)8-14(12)15/h4-5,8,16H,1,6-7,9-10H2,2-3H3. The van der Waals surface area contributed by atoms with E-state index in [2.05, 4.69) is 27.8 Å². The van der Waals surface area contributed by atoms with Gasteiger partial charge in [-0.1, -0.05) is 34.1 Å². The fourth-order valence-corrected chi connectivity index (χ4v) is 1.91. The lowest BCUT2D eigenvalue weighted by Gasteiger charge is -2.09. The van der Waals surface area contributed by atoms with Gasteiger partial charge in [-0.15, -0.1) is 0 Å². The number of ether oxygens (including phenoxy) is 2. The van der Waals surface area contributed by atoms with Gasteiger partial charge in [-0.05, 0) is 24.6 Å². The molecule has 0 amide bonds. The SMILES string of the molecule is C=C(C)COCCNCc1ccc(OC)cc1Br. The predicted molar refractivity (Wildman–Crippen MR) is 78.0 cm³/mol. The number of methoxy groups -OCH3 is 1. The fraction of sp³-hybridized carbons (Fsp3) is 0.429. The van der Waals surface area contributed by atoms with E-state index in [9.17, 15) is 0 Å². The first-order valence-electron chi connectivity index (χ1n) is 5.88. The number of nitrogens with one attached hydrogen (secondary N) is 1. The molecule has 1 aromatic rings. The van der Waals surface area contributed by atoms with Crippen LogP contribution < -0.4 is 10.1 Å². The molecule has 100 valence electrons. The van der Waals surface area contributed by atoms with Crippen molar-refractivity contribution in [2.24, 2.45) is 0 Å². The fourth-order valence-electron chi connectivity index (χ4n) is 1.41. The van der Waals surface area contributed by atoms with Gasteiger partial charge in [0.1, 0.15) is 5.75 Å². The Hall–Kier alpha value is -0.840. The van der Waals surface area contributed by atoms with Crippen molar-refractivity contribution in [3.8, 4) is 5.75 Å². The minimum Gasteiger partial charge on any atom is -0.497 e. The van der Waals surface area contributed by atoms with Gasteiger partial charge in [0.05, 0.1) is 20.3 Å². The molecule has 0 bridgehead atoms. The van der Waals surface area contributed by atoms with Crippen LogP contribution >= 0.6 is 15.9 Å². The first kappa shape index (κ1) is 15.2. The number of benzene rings is 1. The van der Waals surface area contributed by atoms with E-state index in [4.69, 9.17) is 9.47 Å². The molecule has 0 aliphatic heterocycles. The summed E-state index contributed by atoms with van der Waals surface area (Å²) in [5, 5.41) is 3.33. The Balaban J connectivity index is 2.25. The van der Waals surface area contributed by atoms with E-state index >= 15 is 0 Å². The minimum atomic E-state index is 0.633. The van der Waals surface area contributed by atoms with Gasteiger partial charge in [0.2, 0.25) is 0 Å². The van der Waals surface area contributed by atoms with Gasteiger partial charge >= 0.3 is 0 Å². The first-order chi connectivity index (χ1) is 8.63. The van der Waals surface area contributed by atoms with E-state index in [0.717, 1.165) is 28.9 Å². The van der Waals surface area contributed by atoms with Crippen LogP contribution in [0.15, 0.2) is 34.8 Å². The van der Waals surface area contributed by atoms with Crippen LogP contribution in [0.25, 0.3) is 0 Å². The first-order valence-corrected chi connectivity index (χ1v) is 6.68. The van der Waals surface area contributed by atoms with E-state index in [-0.39, 0.29) is 0 Å². The highest BCUT2D eigenvalue weighted by Gasteiger charge is 2.01. The zero-order valence-corrected chi connectivity index (χ0v) is 12.5. The Labute approximate surface area is 117 Å². The molecule has 0 aliphatic rings. The Morgan fingerprint density at radius 2 is 2.22 bits per heavy atom. The second kappa shape index (κ2) is 8.29. The van der Waals surface area contributed by atoms with Crippen molar-refractivity contribution in [1.29, 1.82) is 0 Å². The van der Waals surface area contributed by atoms with Gasteiger partial charge in [-0.2, -0.15) is 0 Å². The lowest BCUT2D eigenvalue weighted by atomic mass is 10.2. The van der Waals surface area contributed by atoms with Crippen molar-refractivity contribution in [3.05, 3.63) is 40.4 Å². The van der Waals surface area contributed by atoms with Crippen molar-refractivity contribution in [2.75, 3.05) is 26.9 Å². The second-order valence-electron chi connectivity index (χ2n) is 4.14. The van der Waals surface area contributed by atoms with E-state index in [1.54, 1.807) is 7.11 Å². The molecular weight excluding hydrogens is 294 g/mol. The molecule has 1 aromatic carbocycles. The Kier molecular flexibility index (Phi) is 7.01. The molecule has 0 unspecified atom stereocenters. The van der Waals surface area contributed by atoms with Gasteiger partial charge in [0, 0.05) is 17.6 Å². The summed E-state index contributed by atoms with van der Waals surface area (Å²) in [5.74, 6) is 0.857. The van der Waals surface area contributed by atoms with Crippen LogP contribution in [-0.4, -0.2) is 26.9 Å². The molecular formula is C14H20BrNO2. The van der Waals surface area contributed by atoms with E-state index in [1.165, 1.54) is 5.56 Å². The van der Waals surface area contributed by atoms with Crippen LogP contribution in [-0.2, 0) is 11.3 Å². The van der Waals surface area contributed by atoms with Crippen LogP contribution in [0, 0.1) is 0 Å². The average molecular weight is 314 g/mol. The number of halogens is 1. The van der Waals surface area contributed by atoms with Crippen molar-refractivity contribution < 1.29 is 9.47 Å². The lowest BCUT2D eigenvalue weighted by Crippen LogP contribution is -2.19. The van der Waals surface area contributed by atoms with Crippen LogP contribution in [0.3, 0.4) is 0 Å². The van der Waals surface area contributed by atoms with Crippen LogP contribution in [0.4, 0.5) is 0 Å². The molecule has 4 heteroatoms. The Bertz CT molecular complexity index is 393. The molecule has 0 aliphatic carbocycles. The molecule has 3 nitrogen and oxygen atoms in total. The highest BCUT2D eigenvalue weighted by atomic mass is 79.9. The van der Waals surface area contributed by atoms with Gasteiger partial charge < -0.3 is 14.8 Å². The van der Waals surface area contributed by atoms with E-state index in [1.807, 2.05) is 25.1 Å². The monoisotopic (exact) mass is 313 g/mol. The summed E-state index contributed by atoms with van der Waals surface area (Å²) in [4.78, 5) is 0. The zero-order chi connectivity index (χ0) is 13.4. The van der Waals surface area contributed by atoms with E-state index < -0.39 is 0 Å². The van der Waals surface area contributed by atoms with Gasteiger partial charge in [0.25, 0.3) is 0 Å². The summed E-state index contributed by atoms with van der Waals surface area (Å²) in [7, 11) is 1.67. The third kappa shape index (κ3) is 5.67. The molecule has 0 aromatic heterocycles. The maximum atomic E-state index is 5.41. The average Bonchev–Trinajstić information content (AvgIpc) is 2.34. The molecule has 0 radical (unpaired) electrons. The minimum absolute atomic E-state index is 0.633. The third-order valence-electron chi connectivity index (χ3n) is 2.35. The van der Waals surface area contributed by atoms with Crippen LogP contribution in [0.1, 0.15) is 12.5 Å². The summed E-state index contributed by atoms with van der Waals surface area (Å²) in [6, 6.07) is 5.97. The molecule has 1 N–H and O–H groups in total.